The molecular weight excluding hydrogens is 156 g/mol. The zero-order chi connectivity index (χ0) is 8.20. The van der Waals surface area contributed by atoms with Crippen molar-refractivity contribution in [1.82, 2.24) is 10.5 Å². The summed E-state index contributed by atoms with van der Waals surface area (Å²) < 4.78 is 20.2. The van der Waals surface area contributed by atoms with Crippen molar-refractivity contribution < 1.29 is 13.2 Å². The second kappa shape index (κ2) is 3.52. The van der Waals surface area contributed by atoms with E-state index in [1.54, 1.807) is 6.92 Å². The molecule has 1 amide bonds. The minimum Gasteiger partial charge on any atom is -0.341 e. The maximum absolute atomic E-state index is 10.4. The lowest BCUT2D eigenvalue weighted by molar-refractivity contribution is -0.120. The van der Waals surface area contributed by atoms with Crippen LogP contribution in [0, 0.1) is 0 Å². The average Bonchev–Trinajstić information content (AvgIpc) is 1.81. The van der Waals surface area contributed by atoms with E-state index >= 15 is 0 Å². The van der Waals surface area contributed by atoms with Gasteiger partial charge in [0.25, 0.3) is 0 Å². The Kier molecular flexibility index (Phi) is 3.31. The maximum atomic E-state index is 10.4. The molecule has 5 nitrogen and oxygen atoms in total. The zero-order valence-electron chi connectivity index (χ0n) is 5.55. The summed E-state index contributed by atoms with van der Waals surface area (Å²) >= 11 is 0. The molecule has 0 aromatic rings. The fourth-order valence-corrected chi connectivity index (χ4v) is 0.652. The monoisotopic (exact) mass is 165 g/mol. The van der Waals surface area contributed by atoms with Crippen LogP contribution < -0.4 is 10.5 Å². The number of rotatable bonds is 3. The van der Waals surface area contributed by atoms with E-state index in [4.69, 9.17) is 5.14 Å². The van der Waals surface area contributed by atoms with Gasteiger partial charge in [-0.15, -0.1) is 5.14 Å². The summed E-state index contributed by atoms with van der Waals surface area (Å²) in [6, 6.07) is 0. The Morgan fingerprint density at radius 2 is 2.10 bits per heavy atom. The van der Waals surface area contributed by atoms with Crippen LogP contribution in [0.4, 0.5) is 0 Å². The van der Waals surface area contributed by atoms with Gasteiger partial charge in [-0.1, -0.05) is 6.92 Å². The summed E-state index contributed by atoms with van der Waals surface area (Å²) in [5.41, 5.74) is 0. The van der Waals surface area contributed by atoms with Crippen molar-refractivity contribution in [3.8, 4) is 0 Å². The van der Waals surface area contributed by atoms with Crippen LogP contribution in [0.5, 0.6) is 0 Å². The highest BCUT2D eigenvalue weighted by Crippen LogP contribution is 1.78. The highest BCUT2D eigenvalue weighted by atomic mass is 32.2. The van der Waals surface area contributed by atoms with E-state index in [-0.39, 0.29) is 12.3 Å². The van der Waals surface area contributed by atoms with E-state index in [0.29, 0.717) is 0 Å². The molecule has 1 radical (unpaired) electrons. The fraction of sp³-hybridized carbons (Fsp3) is 0.750. The van der Waals surface area contributed by atoms with Gasteiger partial charge in [0.2, 0.25) is 15.9 Å². The summed E-state index contributed by atoms with van der Waals surface area (Å²) in [4.78, 5) is 10.4. The molecule has 0 aliphatic heterocycles. The van der Waals surface area contributed by atoms with Crippen LogP contribution in [0.25, 0.3) is 0 Å². The van der Waals surface area contributed by atoms with Crippen LogP contribution >= 0.6 is 0 Å². The minimum absolute atomic E-state index is 0.232. The zero-order valence-corrected chi connectivity index (χ0v) is 6.36. The van der Waals surface area contributed by atoms with E-state index in [1.807, 2.05) is 0 Å². The summed E-state index contributed by atoms with van der Waals surface area (Å²) in [7, 11) is -3.81. The molecular formula is C4H9N2O3S. The Morgan fingerprint density at radius 3 is 2.40 bits per heavy atom. The van der Waals surface area contributed by atoms with E-state index in [9.17, 15) is 13.2 Å². The number of nitrogens with one attached hydrogen (secondary N) is 2. The molecule has 0 saturated heterocycles. The van der Waals surface area contributed by atoms with E-state index in [0.717, 1.165) is 0 Å². The van der Waals surface area contributed by atoms with Crippen molar-refractivity contribution in [2.75, 3.05) is 5.88 Å². The first-order valence-electron chi connectivity index (χ1n) is 2.69. The molecule has 2 N–H and O–H groups in total. The molecule has 0 saturated carbocycles. The Hall–Kier alpha value is -0.620. The summed E-state index contributed by atoms with van der Waals surface area (Å²) in [5, 5.41) is 8.42. The number of hydrogen-bond donors (Lipinski definition) is 1. The third-order valence-electron chi connectivity index (χ3n) is 0.780. The summed E-state index contributed by atoms with van der Waals surface area (Å²) in [6.07, 6.45) is 0.232. The molecule has 0 fully saturated rings. The van der Waals surface area contributed by atoms with Crippen LogP contribution in [-0.4, -0.2) is 20.2 Å². The molecule has 0 aromatic heterocycles. The number of carbonyl (C=O) groups is 1. The van der Waals surface area contributed by atoms with Crippen molar-refractivity contribution in [2.45, 2.75) is 13.3 Å². The fourth-order valence-electron chi connectivity index (χ4n) is 0.301. The van der Waals surface area contributed by atoms with Gasteiger partial charge in [-0.2, -0.15) is 0 Å². The lowest BCUT2D eigenvalue weighted by atomic mass is 10.5. The van der Waals surface area contributed by atoms with Crippen LogP contribution in [0.15, 0.2) is 0 Å². The Labute approximate surface area is 59.6 Å². The van der Waals surface area contributed by atoms with Gasteiger partial charge >= 0.3 is 0 Å². The normalized spacial score (nSPS) is 11.0. The van der Waals surface area contributed by atoms with Crippen LogP contribution in [0.3, 0.4) is 0 Å². The van der Waals surface area contributed by atoms with Crippen molar-refractivity contribution in [3.05, 3.63) is 0 Å². The van der Waals surface area contributed by atoms with Gasteiger partial charge in [0.15, 0.2) is 0 Å². The molecule has 6 heteroatoms. The molecule has 0 aliphatic carbocycles. The average molecular weight is 165 g/mol. The third-order valence-corrected chi connectivity index (χ3v) is 1.30. The van der Waals surface area contributed by atoms with Crippen LogP contribution in [-0.2, 0) is 14.8 Å². The molecule has 0 unspecified atom stereocenters. The number of hydrogen-bond acceptors (Lipinski definition) is 3. The van der Waals surface area contributed by atoms with Gasteiger partial charge in [-0.3, -0.25) is 4.79 Å². The molecule has 0 spiro atoms. The molecule has 10 heavy (non-hydrogen) atoms. The van der Waals surface area contributed by atoms with Crippen molar-refractivity contribution >= 4 is 15.9 Å². The predicted octanol–water partition coefficient (Wildman–Crippen LogP) is -0.917. The maximum Gasteiger partial charge on any atom is 0.243 e. The highest BCUT2D eigenvalue weighted by molar-refractivity contribution is 7.88. The lowest BCUT2D eigenvalue weighted by Crippen LogP contribution is -2.28. The number of carbonyl (C=O) groups excluding carboxylic acids is 1. The van der Waals surface area contributed by atoms with E-state index in [1.165, 1.54) is 0 Å². The minimum atomic E-state index is -3.81. The number of amides is 1. The lowest BCUT2D eigenvalue weighted by Gasteiger charge is -1.98. The number of sulfonamides is 1. The second-order valence-corrected chi connectivity index (χ2v) is 3.23. The van der Waals surface area contributed by atoms with Gasteiger partial charge in [0.1, 0.15) is 5.88 Å². The van der Waals surface area contributed by atoms with Gasteiger partial charge in [0.05, 0.1) is 0 Å². The quantitative estimate of drug-likeness (QED) is 0.586. The van der Waals surface area contributed by atoms with E-state index in [2.05, 4.69) is 5.32 Å². The topological polar surface area (TPSA) is 87.0 Å². The van der Waals surface area contributed by atoms with Gasteiger partial charge < -0.3 is 5.32 Å². The molecule has 0 bridgehead atoms. The molecule has 0 aromatic carbocycles. The summed E-state index contributed by atoms with van der Waals surface area (Å²) in [5.74, 6) is -0.963. The molecule has 0 rings (SSSR count). The van der Waals surface area contributed by atoms with Crippen LogP contribution in [0.1, 0.15) is 13.3 Å². The van der Waals surface area contributed by atoms with Gasteiger partial charge in [0, 0.05) is 6.42 Å². The Bertz CT molecular complexity index is 209. The van der Waals surface area contributed by atoms with Gasteiger partial charge in [-0.05, 0) is 0 Å². The molecule has 0 atom stereocenters. The summed E-state index contributed by atoms with van der Waals surface area (Å²) in [6.45, 7) is 1.60. The standard InChI is InChI=1S/C4H9N2O3S/c1-2-4(7)6-3-10(5,8)9/h5H,2-3H2,1H3,(H,6,7). The van der Waals surface area contributed by atoms with E-state index < -0.39 is 15.9 Å². The highest BCUT2D eigenvalue weighted by Gasteiger charge is 2.04. The first-order chi connectivity index (χ1) is 4.45. The first kappa shape index (κ1) is 9.38. The molecule has 0 heterocycles. The molecule has 0 aliphatic rings. The van der Waals surface area contributed by atoms with Crippen molar-refractivity contribution in [3.63, 3.8) is 0 Å². The second-order valence-electron chi connectivity index (χ2n) is 1.71. The SMILES string of the molecule is CCC(=O)NCS([NH])(=O)=O. The predicted molar refractivity (Wildman–Crippen MR) is 35.3 cm³/mol. The van der Waals surface area contributed by atoms with Crippen LogP contribution in [0.2, 0.25) is 0 Å². The Balaban J connectivity index is 3.67. The Morgan fingerprint density at radius 1 is 1.60 bits per heavy atom. The third kappa shape index (κ3) is 5.52. The largest absolute Gasteiger partial charge is 0.341 e. The first-order valence-corrected chi connectivity index (χ1v) is 4.35. The van der Waals surface area contributed by atoms with Crippen molar-refractivity contribution in [1.29, 1.82) is 0 Å². The van der Waals surface area contributed by atoms with Gasteiger partial charge in [-0.25, -0.2) is 8.42 Å². The van der Waals surface area contributed by atoms with Crippen molar-refractivity contribution in [2.24, 2.45) is 0 Å². The smallest absolute Gasteiger partial charge is 0.243 e. The molecule has 59 valence electrons.